The Labute approximate surface area is 214 Å². The minimum absolute atomic E-state index is 0.0140. The lowest BCUT2D eigenvalue weighted by molar-refractivity contribution is 0.00467. The summed E-state index contributed by atoms with van der Waals surface area (Å²) in [4.78, 5) is 10.6. The average molecular weight is 533 g/mol. The van der Waals surface area contributed by atoms with Crippen molar-refractivity contribution in [3.05, 3.63) is 41.8 Å². The van der Waals surface area contributed by atoms with Crippen LogP contribution in [0.2, 0.25) is 0 Å². The zero-order valence-electron chi connectivity index (χ0n) is 21.0. The number of aromatic nitrogens is 4. The van der Waals surface area contributed by atoms with E-state index in [9.17, 15) is 12.8 Å². The Kier molecular flexibility index (Phi) is 6.75. The minimum atomic E-state index is -3.52. The summed E-state index contributed by atoms with van der Waals surface area (Å²) in [6, 6.07) is 4.23. The van der Waals surface area contributed by atoms with Crippen LogP contribution in [0, 0.1) is 12.7 Å². The topological polar surface area (TPSA) is 133 Å². The number of ether oxygens (including phenoxy) is 2. The van der Waals surface area contributed by atoms with Gasteiger partial charge < -0.3 is 24.1 Å². The van der Waals surface area contributed by atoms with Gasteiger partial charge in [0, 0.05) is 25.0 Å². The normalized spacial score (nSPS) is 21.8. The van der Waals surface area contributed by atoms with Gasteiger partial charge in [0.1, 0.15) is 24.1 Å². The van der Waals surface area contributed by atoms with Crippen LogP contribution in [0.5, 0.6) is 5.88 Å². The van der Waals surface area contributed by atoms with Gasteiger partial charge in [-0.2, -0.15) is 0 Å². The first-order valence-corrected chi connectivity index (χ1v) is 13.9. The second kappa shape index (κ2) is 9.86. The van der Waals surface area contributed by atoms with E-state index in [1.54, 1.807) is 6.92 Å². The molecule has 0 amide bonds. The summed E-state index contributed by atoms with van der Waals surface area (Å²) in [6.07, 6.45) is 3.59. The van der Waals surface area contributed by atoms with Gasteiger partial charge in [0.05, 0.1) is 41.4 Å². The van der Waals surface area contributed by atoms with Gasteiger partial charge >= 0.3 is 6.01 Å². The van der Waals surface area contributed by atoms with Gasteiger partial charge in [-0.25, -0.2) is 22.8 Å². The van der Waals surface area contributed by atoms with Gasteiger partial charge in [-0.05, 0) is 25.1 Å². The average Bonchev–Trinajstić information content (AvgIpc) is 3.32. The molecule has 2 aliphatic rings. The van der Waals surface area contributed by atoms with E-state index in [1.807, 2.05) is 13.8 Å². The lowest BCUT2D eigenvalue weighted by Crippen LogP contribution is -2.59. The number of hydrogen-bond donors (Lipinski definition) is 1. The number of sulfone groups is 1. The molecule has 198 valence electrons. The Morgan fingerprint density at radius 3 is 2.51 bits per heavy atom. The molecule has 2 aromatic heterocycles. The summed E-state index contributed by atoms with van der Waals surface area (Å²) < 4.78 is 56.0. The van der Waals surface area contributed by atoms with E-state index < -0.39 is 15.7 Å². The highest BCUT2D eigenvalue weighted by atomic mass is 32.2. The fraction of sp³-hybridized carbons (Fsp3) is 0.500. The van der Waals surface area contributed by atoms with Crippen molar-refractivity contribution in [3.63, 3.8) is 0 Å². The Morgan fingerprint density at radius 1 is 1.16 bits per heavy atom. The predicted molar refractivity (Wildman–Crippen MR) is 132 cm³/mol. The van der Waals surface area contributed by atoms with Crippen LogP contribution in [0.3, 0.4) is 0 Å². The maximum atomic E-state index is 14.6. The first-order valence-electron chi connectivity index (χ1n) is 12.0. The number of nitrogens with one attached hydrogen (secondary N) is 1. The number of piperidine rings is 1. The first kappa shape index (κ1) is 25.3. The molecular formula is C24H29FN6O5S. The SMILES string of the molecule is Cc1c(Nc2ccc(S(C)(=O)=O)cc2F)ncnc1OC1CC2COCC(C1)N2c1nnc(C(C)C)o1. The number of rotatable bonds is 7. The van der Waals surface area contributed by atoms with E-state index in [2.05, 4.69) is 30.4 Å². The summed E-state index contributed by atoms with van der Waals surface area (Å²) in [6.45, 7) is 6.84. The maximum absolute atomic E-state index is 14.6. The molecule has 2 atom stereocenters. The molecular weight excluding hydrogens is 503 g/mol. The van der Waals surface area contributed by atoms with Crippen molar-refractivity contribution in [1.29, 1.82) is 0 Å². The molecule has 1 N–H and O–H groups in total. The van der Waals surface area contributed by atoms with Gasteiger partial charge in [0.15, 0.2) is 9.84 Å². The van der Waals surface area contributed by atoms with E-state index in [0.29, 0.717) is 55.2 Å². The largest absolute Gasteiger partial charge is 0.474 e. The molecule has 0 aliphatic carbocycles. The molecule has 2 aliphatic heterocycles. The van der Waals surface area contributed by atoms with Crippen molar-refractivity contribution >= 4 is 27.4 Å². The fourth-order valence-corrected chi connectivity index (χ4v) is 5.26. The molecule has 2 saturated heterocycles. The number of nitrogens with zero attached hydrogens (tertiary/aromatic N) is 5. The van der Waals surface area contributed by atoms with Crippen LogP contribution in [0.1, 0.15) is 44.1 Å². The van der Waals surface area contributed by atoms with Gasteiger partial charge in [-0.15, -0.1) is 5.10 Å². The lowest BCUT2D eigenvalue weighted by Gasteiger charge is -2.47. The van der Waals surface area contributed by atoms with Gasteiger partial charge in [-0.3, -0.25) is 0 Å². The molecule has 37 heavy (non-hydrogen) atoms. The Hall–Kier alpha value is -3.32. The molecule has 0 spiro atoms. The standard InChI is InChI=1S/C24H29FN6O5S/c1-13(2)22-29-30-24(36-22)31-15-7-17(8-16(31)11-34-10-15)35-23-14(3)21(26-12-27-23)28-20-6-5-18(9-19(20)25)37(4,32)33/h5-6,9,12-13,15-17H,7-8,10-11H2,1-4H3,(H,26,27,28). The van der Waals surface area contributed by atoms with E-state index in [4.69, 9.17) is 13.9 Å². The lowest BCUT2D eigenvalue weighted by atomic mass is 9.92. The van der Waals surface area contributed by atoms with Crippen molar-refractivity contribution in [3.8, 4) is 5.88 Å². The smallest absolute Gasteiger partial charge is 0.318 e. The molecule has 2 bridgehead atoms. The molecule has 0 radical (unpaired) electrons. The quantitative estimate of drug-likeness (QED) is 0.480. The Morgan fingerprint density at radius 2 is 1.89 bits per heavy atom. The Balaban J connectivity index is 1.31. The summed E-state index contributed by atoms with van der Waals surface area (Å²) in [5.74, 6) is 0.802. The maximum Gasteiger partial charge on any atom is 0.318 e. The van der Waals surface area contributed by atoms with Gasteiger partial charge in [0.25, 0.3) is 0 Å². The highest BCUT2D eigenvalue weighted by molar-refractivity contribution is 7.90. The zero-order chi connectivity index (χ0) is 26.3. The van der Waals surface area contributed by atoms with E-state index in [1.165, 1.54) is 18.5 Å². The summed E-state index contributed by atoms with van der Waals surface area (Å²) in [7, 11) is -3.52. The van der Waals surface area contributed by atoms with Gasteiger partial charge in [-0.1, -0.05) is 18.9 Å². The number of benzene rings is 1. The predicted octanol–water partition coefficient (Wildman–Crippen LogP) is 3.39. The van der Waals surface area contributed by atoms with Crippen LogP contribution >= 0.6 is 0 Å². The van der Waals surface area contributed by atoms with Crippen LogP contribution < -0.4 is 15.0 Å². The first-order chi connectivity index (χ1) is 17.6. The molecule has 5 rings (SSSR count). The van der Waals surface area contributed by atoms with Crippen molar-refractivity contribution in [2.75, 3.05) is 29.7 Å². The molecule has 11 nitrogen and oxygen atoms in total. The highest BCUT2D eigenvalue weighted by Crippen LogP contribution is 2.35. The molecule has 13 heteroatoms. The third-order valence-electron chi connectivity index (χ3n) is 6.56. The molecule has 2 fully saturated rings. The summed E-state index contributed by atoms with van der Waals surface area (Å²) in [5, 5.41) is 11.4. The van der Waals surface area contributed by atoms with E-state index in [-0.39, 0.29) is 34.7 Å². The number of fused-ring (bicyclic) bond motifs is 2. The minimum Gasteiger partial charge on any atom is -0.474 e. The number of morpholine rings is 1. The highest BCUT2D eigenvalue weighted by Gasteiger charge is 2.42. The second-order valence-electron chi connectivity index (χ2n) is 9.73. The van der Waals surface area contributed by atoms with E-state index in [0.717, 1.165) is 12.3 Å². The van der Waals surface area contributed by atoms with Crippen LogP contribution in [0.25, 0.3) is 0 Å². The number of hydrogen-bond acceptors (Lipinski definition) is 11. The molecule has 2 unspecified atom stereocenters. The monoisotopic (exact) mass is 532 g/mol. The Bertz CT molecular complexity index is 1380. The van der Waals surface area contributed by atoms with E-state index >= 15 is 0 Å². The third kappa shape index (κ3) is 5.23. The molecule has 3 aromatic rings. The van der Waals surface area contributed by atoms with Crippen LogP contribution in [-0.4, -0.2) is 66.2 Å². The zero-order valence-corrected chi connectivity index (χ0v) is 21.8. The van der Waals surface area contributed by atoms with Gasteiger partial charge in [0.2, 0.25) is 11.8 Å². The molecule has 1 aromatic carbocycles. The molecule has 0 saturated carbocycles. The molecule has 4 heterocycles. The number of anilines is 3. The van der Waals surface area contributed by atoms with Crippen LogP contribution in [0.4, 0.5) is 21.9 Å². The van der Waals surface area contributed by atoms with Crippen molar-refractivity contribution in [1.82, 2.24) is 20.2 Å². The summed E-state index contributed by atoms with van der Waals surface area (Å²) >= 11 is 0. The second-order valence-corrected chi connectivity index (χ2v) is 11.7. The van der Waals surface area contributed by atoms with Crippen LogP contribution in [0.15, 0.2) is 33.8 Å². The number of halogens is 1. The summed E-state index contributed by atoms with van der Waals surface area (Å²) in [5.41, 5.74) is 0.705. The van der Waals surface area contributed by atoms with Crippen molar-refractivity contribution in [2.24, 2.45) is 0 Å². The van der Waals surface area contributed by atoms with Crippen LogP contribution in [-0.2, 0) is 14.6 Å². The van der Waals surface area contributed by atoms with Crippen molar-refractivity contribution in [2.45, 2.75) is 62.6 Å². The third-order valence-corrected chi connectivity index (χ3v) is 7.67. The van der Waals surface area contributed by atoms with Crippen molar-refractivity contribution < 1.29 is 26.7 Å². The fourth-order valence-electron chi connectivity index (χ4n) is 4.63.